The van der Waals surface area contributed by atoms with Crippen LogP contribution in [-0.4, -0.2) is 55.9 Å². The number of benzene rings is 1. The summed E-state index contributed by atoms with van der Waals surface area (Å²) in [5.74, 6) is -1.41. The molecule has 0 atom stereocenters. The molecule has 0 radical (unpaired) electrons. The number of para-hydroxylation sites is 1. The van der Waals surface area contributed by atoms with E-state index < -0.39 is 11.6 Å². The standard InChI is InChI=1S/C14H15N3O4/c18-12(10-3-1-2-9-8-15-16-11(9)10)17-6-4-14(21,5-7-17)13(19)20/h1-3,8,21H,4-7H2,(H,15,16)(H,19,20). The molecule has 0 unspecified atom stereocenters. The number of likely N-dealkylation sites (tertiary alicyclic amines) is 1. The van der Waals surface area contributed by atoms with Gasteiger partial charge in [0.05, 0.1) is 17.3 Å². The Morgan fingerprint density at radius 1 is 1.29 bits per heavy atom. The van der Waals surface area contributed by atoms with Crippen LogP contribution in [0.3, 0.4) is 0 Å². The first-order valence-corrected chi connectivity index (χ1v) is 6.68. The van der Waals surface area contributed by atoms with Crippen LogP contribution in [0.4, 0.5) is 0 Å². The second-order valence-corrected chi connectivity index (χ2v) is 5.27. The SMILES string of the molecule is O=C(c1cccc2cn[nH]c12)N1CCC(O)(C(=O)O)CC1. The average molecular weight is 289 g/mol. The van der Waals surface area contributed by atoms with Gasteiger partial charge < -0.3 is 15.1 Å². The van der Waals surface area contributed by atoms with E-state index >= 15 is 0 Å². The summed E-state index contributed by atoms with van der Waals surface area (Å²) < 4.78 is 0. The van der Waals surface area contributed by atoms with Gasteiger partial charge in [-0.05, 0) is 6.07 Å². The van der Waals surface area contributed by atoms with Crippen LogP contribution in [0.1, 0.15) is 23.2 Å². The van der Waals surface area contributed by atoms with Crippen molar-refractivity contribution in [3.63, 3.8) is 0 Å². The van der Waals surface area contributed by atoms with Gasteiger partial charge in [0.1, 0.15) is 0 Å². The summed E-state index contributed by atoms with van der Waals surface area (Å²) in [7, 11) is 0. The van der Waals surface area contributed by atoms with Crippen LogP contribution in [0, 0.1) is 0 Å². The Balaban J connectivity index is 1.81. The number of aromatic amines is 1. The first kappa shape index (κ1) is 13.6. The summed E-state index contributed by atoms with van der Waals surface area (Å²) in [6.07, 6.45) is 1.71. The number of carbonyl (C=O) groups excluding carboxylic acids is 1. The van der Waals surface area contributed by atoms with Crippen LogP contribution in [0.25, 0.3) is 10.9 Å². The predicted molar refractivity (Wildman–Crippen MR) is 73.8 cm³/mol. The summed E-state index contributed by atoms with van der Waals surface area (Å²) in [6.45, 7) is 0.429. The smallest absolute Gasteiger partial charge is 0.335 e. The molecular weight excluding hydrogens is 274 g/mol. The third kappa shape index (κ3) is 2.25. The highest BCUT2D eigenvalue weighted by Gasteiger charge is 2.40. The number of hydrogen-bond donors (Lipinski definition) is 3. The Morgan fingerprint density at radius 2 is 2.00 bits per heavy atom. The van der Waals surface area contributed by atoms with Gasteiger partial charge in [0.15, 0.2) is 5.60 Å². The van der Waals surface area contributed by atoms with E-state index in [1.54, 1.807) is 23.2 Å². The van der Waals surface area contributed by atoms with Gasteiger partial charge in [0.25, 0.3) is 5.91 Å². The summed E-state index contributed by atoms with van der Waals surface area (Å²) in [5.41, 5.74) is -0.552. The van der Waals surface area contributed by atoms with E-state index in [-0.39, 0.29) is 31.8 Å². The first-order valence-electron chi connectivity index (χ1n) is 6.68. The van der Waals surface area contributed by atoms with Gasteiger partial charge >= 0.3 is 5.97 Å². The van der Waals surface area contributed by atoms with Crippen molar-refractivity contribution in [3.05, 3.63) is 30.0 Å². The number of aliphatic hydroxyl groups is 1. The molecule has 0 spiro atoms. The van der Waals surface area contributed by atoms with Crippen molar-refractivity contribution in [3.8, 4) is 0 Å². The number of nitrogens with zero attached hydrogens (tertiary/aromatic N) is 2. The van der Waals surface area contributed by atoms with Crippen molar-refractivity contribution in [1.82, 2.24) is 15.1 Å². The molecule has 1 aromatic carbocycles. The third-order valence-electron chi connectivity index (χ3n) is 3.98. The zero-order valence-electron chi connectivity index (χ0n) is 11.2. The molecule has 7 heteroatoms. The van der Waals surface area contributed by atoms with E-state index in [1.807, 2.05) is 6.07 Å². The highest BCUT2D eigenvalue weighted by atomic mass is 16.4. The lowest BCUT2D eigenvalue weighted by molar-refractivity contribution is -0.162. The number of aromatic nitrogens is 2. The van der Waals surface area contributed by atoms with Crippen LogP contribution in [0.2, 0.25) is 0 Å². The minimum absolute atomic E-state index is 0.0347. The molecule has 2 aromatic rings. The minimum atomic E-state index is -1.73. The molecule has 3 N–H and O–H groups in total. The lowest BCUT2D eigenvalue weighted by Crippen LogP contribution is -2.50. The Bertz CT molecular complexity index is 701. The quantitative estimate of drug-likeness (QED) is 0.751. The van der Waals surface area contributed by atoms with Gasteiger partial charge in [-0.3, -0.25) is 9.89 Å². The number of carboxylic acids is 1. The van der Waals surface area contributed by atoms with E-state index in [0.29, 0.717) is 11.1 Å². The minimum Gasteiger partial charge on any atom is -0.479 e. The van der Waals surface area contributed by atoms with E-state index in [9.17, 15) is 14.7 Å². The van der Waals surface area contributed by atoms with Gasteiger partial charge in [-0.2, -0.15) is 5.10 Å². The number of fused-ring (bicyclic) bond motifs is 1. The summed E-state index contributed by atoms with van der Waals surface area (Å²) in [5, 5.41) is 26.5. The molecule has 1 saturated heterocycles. The number of aliphatic carboxylic acids is 1. The third-order valence-corrected chi connectivity index (χ3v) is 3.98. The largest absolute Gasteiger partial charge is 0.479 e. The van der Waals surface area contributed by atoms with Crippen LogP contribution >= 0.6 is 0 Å². The second kappa shape index (κ2) is 4.85. The number of rotatable bonds is 2. The number of carbonyl (C=O) groups is 2. The fourth-order valence-electron chi connectivity index (χ4n) is 2.61. The topological polar surface area (TPSA) is 107 Å². The van der Waals surface area contributed by atoms with Crippen LogP contribution < -0.4 is 0 Å². The molecule has 1 aliphatic heterocycles. The maximum atomic E-state index is 12.5. The molecule has 3 rings (SSSR count). The Hall–Kier alpha value is -2.41. The van der Waals surface area contributed by atoms with Crippen molar-refractivity contribution in [1.29, 1.82) is 0 Å². The predicted octanol–water partition coefficient (Wildman–Crippen LogP) is 0.615. The van der Waals surface area contributed by atoms with Gasteiger partial charge in [-0.15, -0.1) is 0 Å². The van der Waals surface area contributed by atoms with E-state index in [4.69, 9.17) is 5.11 Å². The molecule has 21 heavy (non-hydrogen) atoms. The number of carboxylic acid groups (broad SMARTS) is 1. The number of piperidine rings is 1. The second-order valence-electron chi connectivity index (χ2n) is 5.27. The first-order chi connectivity index (χ1) is 10.0. The van der Waals surface area contributed by atoms with Crippen LogP contribution in [-0.2, 0) is 4.79 Å². The molecule has 110 valence electrons. The molecule has 1 aliphatic rings. The maximum Gasteiger partial charge on any atom is 0.335 e. The van der Waals surface area contributed by atoms with Gasteiger partial charge in [0, 0.05) is 31.3 Å². The van der Waals surface area contributed by atoms with Crippen LogP contribution in [0.15, 0.2) is 24.4 Å². The van der Waals surface area contributed by atoms with Crippen molar-refractivity contribution < 1.29 is 19.8 Å². The molecular formula is C14H15N3O4. The molecule has 0 aliphatic carbocycles. The monoisotopic (exact) mass is 289 g/mol. The van der Waals surface area contributed by atoms with Crippen molar-refractivity contribution in [2.75, 3.05) is 13.1 Å². The fraction of sp³-hybridized carbons (Fsp3) is 0.357. The van der Waals surface area contributed by atoms with Gasteiger partial charge in [-0.25, -0.2) is 4.79 Å². The lowest BCUT2D eigenvalue weighted by Gasteiger charge is -2.35. The van der Waals surface area contributed by atoms with Crippen molar-refractivity contribution in [2.45, 2.75) is 18.4 Å². The van der Waals surface area contributed by atoms with Gasteiger partial charge in [0.2, 0.25) is 0 Å². The van der Waals surface area contributed by atoms with E-state index in [0.717, 1.165) is 5.39 Å². The van der Waals surface area contributed by atoms with Crippen LogP contribution in [0.5, 0.6) is 0 Å². The molecule has 1 amide bonds. The highest BCUT2D eigenvalue weighted by molar-refractivity contribution is 6.05. The van der Waals surface area contributed by atoms with Crippen molar-refractivity contribution in [2.24, 2.45) is 0 Å². The molecule has 1 fully saturated rings. The molecule has 1 aromatic heterocycles. The zero-order valence-corrected chi connectivity index (χ0v) is 11.2. The summed E-state index contributed by atoms with van der Waals surface area (Å²) >= 11 is 0. The molecule has 0 saturated carbocycles. The highest BCUT2D eigenvalue weighted by Crippen LogP contribution is 2.25. The van der Waals surface area contributed by atoms with E-state index in [1.165, 1.54) is 0 Å². The molecule has 0 bridgehead atoms. The maximum absolute atomic E-state index is 12.5. The fourth-order valence-corrected chi connectivity index (χ4v) is 2.61. The number of nitrogens with one attached hydrogen (secondary N) is 1. The average Bonchev–Trinajstić information content (AvgIpc) is 2.95. The zero-order chi connectivity index (χ0) is 15.0. The Morgan fingerprint density at radius 3 is 2.67 bits per heavy atom. The number of H-pyrrole nitrogens is 1. The summed E-state index contributed by atoms with van der Waals surface area (Å²) in [6, 6.07) is 5.35. The Labute approximate surface area is 120 Å². The number of hydrogen-bond acceptors (Lipinski definition) is 4. The molecule has 2 heterocycles. The summed E-state index contributed by atoms with van der Waals surface area (Å²) in [4.78, 5) is 25.1. The number of amides is 1. The normalized spacial score (nSPS) is 17.9. The Kier molecular flexibility index (Phi) is 3.13. The lowest BCUT2D eigenvalue weighted by atomic mass is 9.91. The van der Waals surface area contributed by atoms with E-state index in [2.05, 4.69) is 10.2 Å². The van der Waals surface area contributed by atoms with Crippen molar-refractivity contribution >= 4 is 22.8 Å². The molecule has 7 nitrogen and oxygen atoms in total. The van der Waals surface area contributed by atoms with Gasteiger partial charge in [-0.1, -0.05) is 12.1 Å².